The summed E-state index contributed by atoms with van der Waals surface area (Å²) in [5.41, 5.74) is 6.98. The van der Waals surface area contributed by atoms with Gasteiger partial charge in [0.2, 0.25) is 0 Å². The molecule has 4 N–H and O–H groups in total. The van der Waals surface area contributed by atoms with E-state index in [1.807, 2.05) is 24.3 Å². The number of fused-ring (bicyclic) bond motifs is 3. The number of aliphatic hydroxyl groups is 4. The maximum absolute atomic E-state index is 9.61. The lowest BCUT2D eigenvalue weighted by Gasteiger charge is -2.14. The fourth-order valence-corrected chi connectivity index (χ4v) is 3.24. The van der Waals surface area contributed by atoms with Gasteiger partial charge in [-0.15, -0.1) is 0 Å². The maximum Gasteiger partial charge on any atom is 0.0687 e. The van der Waals surface area contributed by atoms with E-state index in [9.17, 15) is 20.4 Å². The highest BCUT2D eigenvalue weighted by Gasteiger charge is 2.27. The van der Waals surface area contributed by atoms with Crippen molar-refractivity contribution < 1.29 is 20.4 Å². The molecule has 1 aliphatic rings. The van der Waals surface area contributed by atoms with Crippen LogP contribution in [0, 0.1) is 0 Å². The average Bonchev–Trinajstić information content (AvgIpc) is 2.93. The first-order valence-corrected chi connectivity index (χ1v) is 6.96. The Kier molecular flexibility index (Phi) is 3.78. The SMILES string of the molecule is OCc1ccc(CO)c2c1Cc1c(CO)ccc(CO)c1-2. The van der Waals surface area contributed by atoms with Gasteiger partial charge in [0.15, 0.2) is 0 Å². The zero-order valence-corrected chi connectivity index (χ0v) is 11.6. The van der Waals surface area contributed by atoms with Crippen molar-refractivity contribution in [3.05, 3.63) is 57.6 Å². The van der Waals surface area contributed by atoms with Crippen LogP contribution in [0.4, 0.5) is 0 Å². The van der Waals surface area contributed by atoms with Gasteiger partial charge in [0, 0.05) is 0 Å². The number of hydrogen-bond acceptors (Lipinski definition) is 4. The smallest absolute Gasteiger partial charge is 0.0687 e. The van der Waals surface area contributed by atoms with Crippen molar-refractivity contribution in [2.75, 3.05) is 0 Å². The molecule has 0 fully saturated rings. The monoisotopic (exact) mass is 286 g/mol. The van der Waals surface area contributed by atoms with Gasteiger partial charge < -0.3 is 20.4 Å². The molecule has 4 heteroatoms. The second-order valence-corrected chi connectivity index (χ2v) is 5.28. The van der Waals surface area contributed by atoms with Crippen molar-refractivity contribution in [2.24, 2.45) is 0 Å². The largest absolute Gasteiger partial charge is 0.392 e. The minimum Gasteiger partial charge on any atom is -0.392 e. The summed E-state index contributed by atoms with van der Waals surface area (Å²) in [7, 11) is 0. The summed E-state index contributed by atoms with van der Waals surface area (Å²) in [6.45, 7) is -0.320. The molecule has 0 aromatic heterocycles. The van der Waals surface area contributed by atoms with Gasteiger partial charge in [-0.2, -0.15) is 0 Å². The lowest BCUT2D eigenvalue weighted by Crippen LogP contribution is -1.98. The Morgan fingerprint density at radius 3 is 1.24 bits per heavy atom. The van der Waals surface area contributed by atoms with Crippen molar-refractivity contribution in [2.45, 2.75) is 32.8 Å². The number of benzene rings is 2. The first-order valence-electron chi connectivity index (χ1n) is 6.96. The average molecular weight is 286 g/mol. The normalized spacial score (nSPS) is 12.4. The van der Waals surface area contributed by atoms with E-state index in [-0.39, 0.29) is 26.4 Å². The van der Waals surface area contributed by atoms with Crippen LogP contribution < -0.4 is 0 Å². The van der Waals surface area contributed by atoms with E-state index < -0.39 is 0 Å². The minimum atomic E-state index is -0.0955. The summed E-state index contributed by atoms with van der Waals surface area (Å²) in [6.07, 6.45) is 0.609. The van der Waals surface area contributed by atoms with Crippen molar-refractivity contribution >= 4 is 0 Å². The molecule has 0 atom stereocenters. The molecular weight excluding hydrogens is 268 g/mol. The maximum atomic E-state index is 9.61. The Morgan fingerprint density at radius 1 is 0.571 bits per heavy atom. The van der Waals surface area contributed by atoms with Crippen LogP contribution in [0.5, 0.6) is 0 Å². The summed E-state index contributed by atoms with van der Waals surface area (Å²) < 4.78 is 0. The summed E-state index contributed by atoms with van der Waals surface area (Å²) in [5.74, 6) is 0. The third kappa shape index (κ3) is 2.08. The van der Waals surface area contributed by atoms with E-state index >= 15 is 0 Å². The van der Waals surface area contributed by atoms with Crippen LogP contribution in [0.3, 0.4) is 0 Å². The fraction of sp³-hybridized carbons (Fsp3) is 0.294. The Bertz CT molecular complexity index is 632. The van der Waals surface area contributed by atoms with Crippen LogP contribution in [0.15, 0.2) is 24.3 Å². The molecular formula is C17H18O4. The van der Waals surface area contributed by atoms with Gasteiger partial charge in [-0.1, -0.05) is 24.3 Å². The zero-order chi connectivity index (χ0) is 15.0. The first kappa shape index (κ1) is 14.2. The molecule has 0 heterocycles. The van der Waals surface area contributed by atoms with Crippen LogP contribution >= 0.6 is 0 Å². The number of aliphatic hydroxyl groups excluding tert-OH is 4. The molecule has 0 radical (unpaired) electrons. The van der Waals surface area contributed by atoms with E-state index in [0.717, 1.165) is 44.5 Å². The fourth-order valence-electron chi connectivity index (χ4n) is 3.24. The van der Waals surface area contributed by atoms with Crippen LogP contribution in [0.1, 0.15) is 33.4 Å². The molecule has 0 spiro atoms. The lowest BCUT2D eigenvalue weighted by molar-refractivity contribution is 0.277. The zero-order valence-electron chi connectivity index (χ0n) is 11.6. The highest BCUT2D eigenvalue weighted by molar-refractivity contribution is 5.84. The van der Waals surface area contributed by atoms with E-state index in [2.05, 4.69) is 0 Å². The predicted molar refractivity (Wildman–Crippen MR) is 78.4 cm³/mol. The molecule has 4 nitrogen and oxygen atoms in total. The van der Waals surface area contributed by atoms with E-state index in [0.29, 0.717) is 6.42 Å². The summed E-state index contributed by atoms with van der Waals surface area (Å²) in [5, 5.41) is 38.3. The Balaban J connectivity index is 2.34. The van der Waals surface area contributed by atoms with Gasteiger partial charge in [-0.25, -0.2) is 0 Å². The molecule has 0 saturated carbocycles. The molecule has 3 rings (SSSR count). The first-order chi connectivity index (χ1) is 10.2. The van der Waals surface area contributed by atoms with Crippen molar-refractivity contribution in [3.8, 4) is 11.1 Å². The molecule has 0 saturated heterocycles. The molecule has 2 aromatic rings. The molecule has 2 aromatic carbocycles. The van der Waals surface area contributed by atoms with Crippen molar-refractivity contribution in [3.63, 3.8) is 0 Å². The Hall–Kier alpha value is -1.72. The topological polar surface area (TPSA) is 80.9 Å². The van der Waals surface area contributed by atoms with E-state index in [1.54, 1.807) is 0 Å². The quantitative estimate of drug-likeness (QED) is 0.581. The van der Waals surface area contributed by atoms with E-state index in [1.165, 1.54) is 0 Å². The third-order valence-electron chi connectivity index (χ3n) is 4.28. The molecule has 1 aliphatic carbocycles. The molecule has 21 heavy (non-hydrogen) atoms. The van der Waals surface area contributed by atoms with Gasteiger partial charge in [0.05, 0.1) is 26.4 Å². The number of rotatable bonds is 4. The minimum absolute atomic E-state index is 0.0645. The second-order valence-electron chi connectivity index (χ2n) is 5.28. The van der Waals surface area contributed by atoms with Gasteiger partial charge in [-0.3, -0.25) is 0 Å². The van der Waals surface area contributed by atoms with Crippen LogP contribution in [-0.4, -0.2) is 20.4 Å². The van der Waals surface area contributed by atoms with Crippen molar-refractivity contribution in [1.29, 1.82) is 0 Å². The molecule has 0 bridgehead atoms. The van der Waals surface area contributed by atoms with Gasteiger partial charge >= 0.3 is 0 Å². The molecule has 0 aliphatic heterocycles. The standard InChI is InChI=1S/C17H18O4/c18-6-10-1-3-12(8-20)16-14(10)5-15-11(7-19)2-4-13(9-21)17(15)16/h1-4,18-21H,5-9H2. The summed E-state index contributed by atoms with van der Waals surface area (Å²) >= 11 is 0. The van der Waals surface area contributed by atoms with Gasteiger partial charge in [0.25, 0.3) is 0 Å². The third-order valence-corrected chi connectivity index (χ3v) is 4.28. The van der Waals surface area contributed by atoms with Gasteiger partial charge in [0.1, 0.15) is 0 Å². The molecule has 0 amide bonds. The number of hydrogen-bond donors (Lipinski definition) is 4. The lowest BCUT2D eigenvalue weighted by atomic mass is 9.93. The van der Waals surface area contributed by atoms with Crippen LogP contribution in [0.25, 0.3) is 11.1 Å². The van der Waals surface area contributed by atoms with Crippen LogP contribution in [-0.2, 0) is 32.8 Å². The highest BCUT2D eigenvalue weighted by Crippen LogP contribution is 2.44. The Morgan fingerprint density at radius 2 is 0.905 bits per heavy atom. The van der Waals surface area contributed by atoms with Crippen LogP contribution in [0.2, 0.25) is 0 Å². The second kappa shape index (κ2) is 5.58. The predicted octanol–water partition coefficient (Wildman–Crippen LogP) is 1.23. The van der Waals surface area contributed by atoms with Crippen molar-refractivity contribution in [1.82, 2.24) is 0 Å². The highest BCUT2D eigenvalue weighted by atomic mass is 16.3. The van der Waals surface area contributed by atoms with Gasteiger partial charge in [-0.05, 0) is 50.9 Å². The molecule has 110 valence electrons. The summed E-state index contributed by atoms with van der Waals surface area (Å²) in [6, 6.07) is 7.28. The summed E-state index contributed by atoms with van der Waals surface area (Å²) in [4.78, 5) is 0. The Labute approximate surface area is 122 Å². The van der Waals surface area contributed by atoms with E-state index in [4.69, 9.17) is 0 Å². The molecule has 0 unspecified atom stereocenters.